The highest BCUT2D eigenvalue weighted by Gasteiger charge is 2.28. The molecule has 0 amide bonds. The lowest BCUT2D eigenvalue weighted by Gasteiger charge is -2.29. The van der Waals surface area contributed by atoms with Crippen molar-refractivity contribution in [2.45, 2.75) is 31.9 Å². The van der Waals surface area contributed by atoms with Gasteiger partial charge < -0.3 is 14.5 Å². The summed E-state index contributed by atoms with van der Waals surface area (Å²) in [4.78, 5) is 0. The molecule has 2 rings (SSSR count). The van der Waals surface area contributed by atoms with Crippen LogP contribution in [0.15, 0.2) is 16.7 Å². The topological polar surface area (TPSA) is 34.4 Å². The number of ether oxygens (including phenoxy) is 1. The maximum absolute atomic E-state index is 5.46. The van der Waals surface area contributed by atoms with E-state index >= 15 is 0 Å². The fourth-order valence-electron chi connectivity index (χ4n) is 2.15. The van der Waals surface area contributed by atoms with Gasteiger partial charge >= 0.3 is 0 Å². The fraction of sp³-hybridized carbons (Fsp3) is 0.636. The summed E-state index contributed by atoms with van der Waals surface area (Å²) >= 11 is 0. The maximum Gasteiger partial charge on any atom is 0.109 e. The summed E-state index contributed by atoms with van der Waals surface area (Å²) in [6.45, 7) is 3.12. The van der Waals surface area contributed by atoms with Gasteiger partial charge in [0, 0.05) is 25.6 Å². The number of hydrogen-bond donors (Lipinski definition) is 1. The van der Waals surface area contributed by atoms with Crippen LogP contribution in [0.3, 0.4) is 0 Å². The standard InChI is InChI=1S/C11H17NO2/c1-3-9(13-2)11-8-5-7-14-10(8)4-6-12-11/h5,7,9,11-12H,3-4,6H2,1-2H3. The molecule has 1 aromatic heterocycles. The molecule has 0 saturated carbocycles. The highest BCUT2D eigenvalue weighted by atomic mass is 16.5. The van der Waals surface area contributed by atoms with Crippen LogP contribution in [0.2, 0.25) is 0 Å². The van der Waals surface area contributed by atoms with Gasteiger partial charge in [0.2, 0.25) is 0 Å². The minimum atomic E-state index is 0.242. The van der Waals surface area contributed by atoms with Crippen molar-refractivity contribution < 1.29 is 9.15 Å². The zero-order valence-electron chi connectivity index (χ0n) is 8.75. The average molecular weight is 195 g/mol. The van der Waals surface area contributed by atoms with Crippen molar-refractivity contribution in [2.24, 2.45) is 0 Å². The Morgan fingerprint density at radius 3 is 3.29 bits per heavy atom. The quantitative estimate of drug-likeness (QED) is 0.799. The first-order chi connectivity index (χ1) is 6.86. The van der Waals surface area contributed by atoms with Crippen LogP contribution in [0.5, 0.6) is 0 Å². The summed E-state index contributed by atoms with van der Waals surface area (Å²) in [6, 6.07) is 2.35. The maximum atomic E-state index is 5.46. The minimum absolute atomic E-state index is 0.242. The molecule has 2 unspecified atom stereocenters. The number of hydrogen-bond acceptors (Lipinski definition) is 3. The smallest absolute Gasteiger partial charge is 0.109 e. The molecule has 14 heavy (non-hydrogen) atoms. The van der Waals surface area contributed by atoms with E-state index in [4.69, 9.17) is 9.15 Å². The third-order valence-corrected chi connectivity index (χ3v) is 2.91. The van der Waals surface area contributed by atoms with Crippen LogP contribution in [0.25, 0.3) is 0 Å². The molecule has 78 valence electrons. The monoisotopic (exact) mass is 195 g/mol. The zero-order chi connectivity index (χ0) is 9.97. The second-order valence-corrected chi connectivity index (χ2v) is 3.66. The molecular formula is C11H17NO2. The number of methoxy groups -OCH3 is 1. The van der Waals surface area contributed by atoms with E-state index in [0.29, 0.717) is 6.04 Å². The lowest BCUT2D eigenvalue weighted by molar-refractivity contribution is 0.0621. The second kappa shape index (κ2) is 4.15. The number of nitrogens with one attached hydrogen (secondary N) is 1. The highest BCUT2D eigenvalue weighted by molar-refractivity contribution is 5.25. The SMILES string of the molecule is CCC(OC)C1NCCc2occc21. The van der Waals surface area contributed by atoms with Gasteiger partial charge in [-0.05, 0) is 12.5 Å². The van der Waals surface area contributed by atoms with Crippen LogP contribution >= 0.6 is 0 Å². The zero-order valence-corrected chi connectivity index (χ0v) is 8.75. The fourth-order valence-corrected chi connectivity index (χ4v) is 2.15. The van der Waals surface area contributed by atoms with E-state index in [-0.39, 0.29) is 6.10 Å². The Hall–Kier alpha value is -0.800. The van der Waals surface area contributed by atoms with E-state index in [9.17, 15) is 0 Å². The summed E-state index contributed by atoms with van der Waals surface area (Å²) in [7, 11) is 1.77. The van der Waals surface area contributed by atoms with E-state index in [0.717, 1.165) is 25.1 Å². The molecule has 3 heteroatoms. The Bertz CT molecular complexity index is 291. The summed E-state index contributed by atoms with van der Waals surface area (Å²) in [6.07, 6.45) is 4.01. The van der Waals surface area contributed by atoms with Crippen LogP contribution in [-0.2, 0) is 11.2 Å². The molecule has 1 aromatic rings. The van der Waals surface area contributed by atoms with Gasteiger partial charge in [0.1, 0.15) is 5.76 Å². The Kier molecular flexibility index (Phi) is 2.89. The third-order valence-electron chi connectivity index (χ3n) is 2.91. The Labute approximate surface area is 84.4 Å². The molecule has 2 atom stereocenters. The van der Waals surface area contributed by atoms with Gasteiger partial charge in [-0.25, -0.2) is 0 Å². The number of fused-ring (bicyclic) bond motifs is 1. The molecular weight excluding hydrogens is 178 g/mol. The summed E-state index contributed by atoms with van der Waals surface area (Å²) < 4.78 is 10.9. The molecule has 0 aliphatic carbocycles. The van der Waals surface area contributed by atoms with E-state index < -0.39 is 0 Å². The van der Waals surface area contributed by atoms with Crippen molar-refractivity contribution in [3.8, 4) is 0 Å². The number of furan rings is 1. The van der Waals surface area contributed by atoms with Crippen molar-refractivity contribution in [3.05, 3.63) is 23.7 Å². The average Bonchev–Trinajstić information content (AvgIpc) is 2.68. The molecule has 0 bridgehead atoms. The van der Waals surface area contributed by atoms with Crippen molar-refractivity contribution >= 4 is 0 Å². The van der Waals surface area contributed by atoms with Gasteiger partial charge in [0.05, 0.1) is 18.4 Å². The van der Waals surface area contributed by atoms with Crippen molar-refractivity contribution in [1.29, 1.82) is 0 Å². The van der Waals surface area contributed by atoms with Crippen LogP contribution in [0.1, 0.15) is 30.7 Å². The van der Waals surface area contributed by atoms with Gasteiger partial charge in [-0.2, -0.15) is 0 Å². The first-order valence-electron chi connectivity index (χ1n) is 5.19. The third kappa shape index (κ3) is 1.57. The van der Waals surface area contributed by atoms with E-state index in [2.05, 4.69) is 12.2 Å². The first-order valence-corrected chi connectivity index (χ1v) is 5.19. The van der Waals surface area contributed by atoms with Gasteiger partial charge in [-0.3, -0.25) is 0 Å². The Morgan fingerprint density at radius 1 is 1.71 bits per heavy atom. The summed E-state index contributed by atoms with van der Waals surface area (Å²) in [5.74, 6) is 1.12. The molecule has 0 fully saturated rings. The van der Waals surface area contributed by atoms with Gasteiger partial charge in [0.25, 0.3) is 0 Å². The number of rotatable bonds is 3. The van der Waals surface area contributed by atoms with Crippen LogP contribution < -0.4 is 5.32 Å². The first kappa shape index (κ1) is 9.74. The summed E-state index contributed by atoms with van der Waals surface area (Å²) in [5, 5.41) is 3.48. The molecule has 0 aromatic carbocycles. The van der Waals surface area contributed by atoms with Gasteiger partial charge in [0.15, 0.2) is 0 Å². The summed E-state index contributed by atoms with van der Waals surface area (Å²) in [5.41, 5.74) is 1.27. The molecule has 1 aliphatic rings. The second-order valence-electron chi connectivity index (χ2n) is 3.66. The normalized spacial score (nSPS) is 23.1. The van der Waals surface area contributed by atoms with E-state index in [1.54, 1.807) is 13.4 Å². The van der Waals surface area contributed by atoms with Crippen LogP contribution in [-0.4, -0.2) is 19.8 Å². The predicted molar refractivity (Wildman–Crippen MR) is 54.2 cm³/mol. The molecule has 0 saturated heterocycles. The Morgan fingerprint density at radius 2 is 2.57 bits per heavy atom. The van der Waals surface area contributed by atoms with E-state index in [1.165, 1.54) is 5.56 Å². The van der Waals surface area contributed by atoms with Crippen LogP contribution in [0.4, 0.5) is 0 Å². The molecule has 1 N–H and O–H groups in total. The largest absolute Gasteiger partial charge is 0.469 e. The minimum Gasteiger partial charge on any atom is -0.469 e. The van der Waals surface area contributed by atoms with Crippen molar-refractivity contribution in [2.75, 3.05) is 13.7 Å². The van der Waals surface area contributed by atoms with Gasteiger partial charge in [-0.1, -0.05) is 6.92 Å². The lowest BCUT2D eigenvalue weighted by Crippen LogP contribution is -2.37. The van der Waals surface area contributed by atoms with Crippen molar-refractivity contribution in [1.82, 2.24) is 5.32 Å². The van der Waals surface area contributed by atoms with Crippen molar-refractivity contribution in [3.63, 3.8) is 0 Å². The van der Waals surface area contributed by atoms with Gasteiger partial charge in [-0.15, -0.1) is 0 Å². The van der Waals surface area contributed by atoms with Crippen LogP contribution in [0, 0.1) is 0 Å². The molecule has 0 radical (unpaired) electrons. The predicted octanol–water partition coefficient (Wildman–Crippen LogP) is 1.89. The Balaban J connectivity index is 2.22. The van der Waals surface area contributed by atoms with E-state index in [1.807, 2.05) is 6.07 Å². The highest BCUT2D eigenvalue weighted by Crippen LogP contribution is 2.28. The molecule has 2 heterocycles. The molecule has 0 spiro atoms. The molecule has 3 nitrogen and oxygen atoms in total. The lowest BCUT2D eigenvalue weighted by atomic mass is 9.96. The molecule has 1 aliphatic heterocycles.